The molecule has 0 aromatic heterocycles. The monoisotopic (exact) mass is 131 g/mol. The predicted octanol–water partition coefficient (Wildman–Crippen LogP) is 0.755. The smallest absolute Gasteiger partial charge is 0.0662 e. The number of hydrogen-bond acceptors (Lipinski definition) is 2. The SMILES string of the molecule is CCCN[C@@H](C)[C@H](C)O. The van der Waals surface area contributed by atoms with Gasteiger partial charge >= 0.3 is 0 Å². The molecule has 0 aliphatic carbocycles. The first kappa shape index (κ1) is 8.92. The molecule has 0 unspecified atom stereocenters. The molecule has 0 amide bonds. The van der Waals surface area contributed by atoms with E-state index in [1.807, 2.05) is 6.92 Å². The standard InChI is InChI=1S/C7H17NO/c1-4-5-8-6(2)7(3)9/h6-9H,4-5H2,1-3H3/t6-,7-/m0/s1. The molecule has 9 heavy (non-hydrogen) atoms. The summed E-state index contributed by atoms with van der Waals surface area (Å²) >= 11 is 0. The lowest BCUT2D eigenvalue weighted by atomic mass is 10.2. The van der Waals surface area contributed by atoms with Crippen molar-refractivity contribution in [3.63, 3.8) is 0 Å². The van der Waals surface area contributed by atoms with Gasteiger partial charge in [-0.2, -0.15) is 0 Å². The van der Waals surface area contributed by atoms with Gasteiger partial charge in [-0.25, -0.2) is 0 Å². The van der Waals surface area contributed by atoms with E-state index in [0.29, 0.717) is 0 Å². The summed E-state index contributed by atoms with van der Waals surface area (Å²) in [4.78, 5) is 0. The molecule has 0 rings (SSSR count). The molecule has 0 heterocycles. The summed E-state index contributed by atoms with van der Waals surface area (Å²) in [5, 5.41) is 12.2. The fraction of sp³-hybridized carbons (Fsp3) is 1.00. The zero-order chi connectivity index (χ0) is 7.28. The molecule has 2 nitrogen and oxygen atoms in total. The summed E-state index contributed by atoms with van der Waals surface area (Å²) < 4.78 is 0. The van der Waals surface area contributed by atoms with Crippen LogP contribution in [0.15, 0.2) is 0 Å². The van der Waals surface area contributed by atoms with Gasteiger partial charge in [-0.05, 0) is 26.8 Å². The Morgan fingerprint density at radius 3 is 2.33 bits per heavy atom. The molecule has 2 atom stereocenters. The Balaban J connectivity index is 3.16. The Hall–Kier alpha value is -0.0800. The lowest BCUT2D eigenvalue weighted by Gasteiger charge is -2.15. The molecule has 0 bridgehead atoms. The van der Waals surface area contributed by atoms with Gasteiger partial charge in [0.25, 0.3) is 0 Å². The van der Waals surface area contributed by atoms with Gasteiger partial charge in [0.05, 0.1) is 6.10 Å². The zero-order valence-corrected chi connectivity index (χ0v) is 6.52. The molecule has 56 valence electrons. The highest BCUT2D eigenvalue weighted by Gasteiger charge is 2.04. The molecule has 0 aromatic rings. The summed E-state index contributed by atoms with van der Waals surface area (Å²) in [6.45, 7) is 6.89. The van der Waals surface area contributed by atoms with Crippen molar-refractivity contribution in [2.45, 2.75) is 39.3 Å². The summed E-state index contributed by atoms with van der Waals surface area (Å²) in [5.74, 6) is 0. The first-order chi connectivity index (χ1) is 4.18. The number of aliphatic hydroxyl groups excluding tert-OH is 1. The van der Waals surface area contributed by atoms with E-state index in [1.54, 1.807) is 6.92 Å². The third kappa shape index (κ3) is 4.43. The third-order valence-corrected chi connectivity index (χ3v) is 1.44. The van der Waals surface area contributed by atoms with Crippen LogP contribution in [0, 0.1) is 0 Å². The summed E-state index contributed by atoms with van der Waals surface area (Å²) in [5.41, 5.74) is 0. The molecular weight excluding hydrogens is 114 g/mol. The molecule has 0 aliphatic rings. The van der Waals surface area contributed by atoms with E-state index in [4.69, 9.17) is 5.11 Å². The highest BCUT2D eigenvalue weighted by atomic mass is 16.3. The van der Waals surface area contributed by atoms with E-state index in [1.165, 1.54) is 0 Å². The van der Waals surface area contributed by atoms with E-state index >= 15 is 0 Å². The van der Waals surface area contributed by atoms with Crippen LogP contribution in [0.25, 0.3) is 0 Å². The summed E-state index contributed by atoms with van der Waals surface area (Å²) in [6, 6.07) is 0.227. The Morgan fingerprint density at radius 1 is 1.44 bits per heavy atom. The number of rotatable bonds is 4. The van der Waals surface area contributed by atoms with E-state index in [2.05, 4.69) is 12.2 Å². The van der Waals surface area contributed by atoms with Gasteiger partial charge in [0.1, 0.15) is 0 Å². The highest BCUT2D eigenvalue weighted by molar-refractivity contribution is 4.64. The minimum Gasteiger partial charge on any atom is -0.392 e. The van der Waals surface area contributed by atoms with Crippen LogP contribution >= 0.6 is 0 Å². The van der Waals surface area contributed by atoms with Crippen LogP contribution < -0.4 is 5.32 Å². The van der Waals surface area contributed by atoms with Crippen molar-refractivity contribution in [3.05, 3.63) is 0 Å². The number of hydrogen-bond donors (Lipinski definition) is 2. The van der Waals surface area contributed by atoms with Gasteiger partial charge < -0.3 is 10.4 Å². The van der Waals surface area contributed by atoms with E-state index in [0.717, 1.165) is 13.0 Å². The Labute approximate surface area is 57.3 Å². The molecule has 0 aliphatic heterocycles. The van der Waals surface area contributed by atoms with Crippen LogP contribution in [0.2, 0.25) is 0 Å². The predicted molar refractivity (Wildman–Crippen MR) is 39.4 cm³/mol. The first-order valence-electron chi connectivity index (χ1n) is 3.60. The van der Waals surface area contributed by atoms with Crippen molar-refractivity contribution in [3.8, 4) is 0 Å². The van der Waals surface area contributed by atoms with Crippen LogP contribution in [0.5, 0.6) is 0 Å². The van der Waals surface area contributed by atoms with Crippen molar-refractivity contribution in [2.75, 3.05) is 6.54 Å². The van der Waals surface area contributed by atoms with Crippen LogP contribution in [0.3, 0.4) is 0 Å². The molecule has 2 heteroatoms. The summed E-state index contributed by atoms with van der Waals surface area (Å²) in [6.07, 6.45) is 0.883. The van der Waals surface area contributed by atoms with Gasteiger partial charge in [0, 0.05) is 6.04 Å². The minimum absolute atomic E-state index is 0.227. The number of nitrogens with one attached hydrogen (secondary N) is 1. The quantitative estimate of drug-likeness (QED) is 0.590. The molecule has 0 fully saturated rings. The second kappa shape index (κ2) is 4.77. The average Bonchev–Trinajstić information content (AvgIpc) is 1.82. The second-order valence-electron chi connectivity index (χ2n) is 2.48. The van der Waals surface area contributed by atoms with Crippen molar-refractivity contribution in [1.29, 1.82) is 0 Å². The Kier molecular flexibility index (Phi) is 4.72. The van der Waals surface area contributed by atoms with Gasteiger partial charge in [0.2, 0.25) is 0 Å². The average molecular weight is 131 g/mol. The van der Waals surface area contributed by atoms with Gasteiger partial charge in [-0.1, -0.05) is 6.92 Å². The lowest BCUT2D eigenvalue weighted by Crippen LogP contribution is -2.35. The molecule has 0 saturated carbocycles. The lowest BCUT2D eigenvalue weighted by molar-refractivity contribution is 0.153. The van der Waals surface area contributed by atoms with E-state index < -0.39 is 0 Å². The van der Waals surface area contributed by atoms with Crippen molar-refractivity contribution in [2.24, 2.45) is 0 Å². The zero-order valence-electron chi connectivity index (χ0n) is 6.52. The van der Waals surface area contributed by atoms with Crippen LogP contribution in [-0.2, 0) is 0 Å². The molecule has 0 radical (unpaired) electrons. The maximum absolute atomic E-state index is 8.99. The van der Waals surface area contributed by atoms with E-state index in [9.17, 15) is 0 Å². The number of aliphatic hydroxyl groups is 1. The Morgan fingerprint density at radius 2 is 2.00 bits per heavy atom. The maximum atomic E-state index is 8.99. The molecule has 0 saturated heterocycles. The van der Waals surface area contributed by atoms with Crippen molar-refractivity contribution >= 4 is 0 Å². The largest absolute Gasteiger partial charge is 0.392 e. The van der Waals surface area contributed by atoms with Gasteiger partial charge in [-0.15, -0.1) is 0 Å². The van der Waals surface area contributed by atoms with Crippen LogP contribution in [0.4, 0.5) is 0 Å². The molecule has 0 spiro atoms. The molecular formula is C7H17NO. The van der Waals surface area contributed by atoms with E-state index in [-0.39, 0.29) is 12.1 Å². The van der Waals surface area contributed by atoms with Crippen LogP contribution in [-0.4, -0.2) is 23.8 Å². The van der Waals surface area contributed by atoms with Crippen LogP contribution in [0.1, 0.15) is 27.2 Å². The first-order valence-corrected chi connectivity index (χ1v) is 3.60. The second-order valence-corrected chi connectivity index (χ2v) is 2.48. The van der Waals surface area contributed by atoms with Crippen molar-refractivity contribution < 1.29 is 5.11 Å². The maximum Gasteiger partial charge on any atom is 0.0662 e. The topological polar surface area (TPSA) is 32.3 Å². The highest BCUT2D eigenvalue weighted by Crippen LogP contribution is 1.89. The van der Waals surface area contributed by atoms with Gasteiger partial charge in [0.15, 0.2) is 0 Å². The normalized spacial score (nSPS) is 17.3. The van der Waals surface area contributed by atoms with Crippen molar-refractivity contribution in [1.82, 2.24) is 5.32 Å². The fourth-order valence-electron chi connectivity index (χ4n) is 0.543. The molecule has 0 aromatic carbocycles. The van der Waals surface area contributed by atoms with Gasteiger partial charge in [-0.3, -0.25) is 0 Å². The fourth-order valence-corrected chi connectivity index (χ4v) is 0.543. The third-order valence-electron chi connectivity index (χ3n) is 1.44. The molecule has 2 N–H and O–H groups in total. The Bertz CT molecular complexity index is 63.9. The summed E-state index contributed by atoms with van der Waals surface area (Å²) in [7, 11) is 0. The minimum atomic E-state index is -0.239.